The van der Waals surface area contributed by atoms with Crippen molar-refractivity contribution in [3.05, 3.63) is 77.7 Å². The molecule has 5 nitrogen and oxygen atoms in total. The Balaban J connectivity index is 1.70. The van der Waals surface area contributed by atoms with Crippen molar-refractivity contribution in [2.45, 2.75) is 19.3 Å². The van der Waals surface area contributed by atoms with Crippen LogP contribution in [0, 0.1) is 11.3 Å². The molecule has 0 aliphatic carbocycles. The van der Waals surface area contributed by atoms with Gasteiger partial charge in [0.25, 0.3) is 5.91 Å². The Labute approximate surface area is 152 Å². The van der Waals surface area contributed by atoms with Gasteiger partial charge < -0.3 is 9.73 Å². The summed E-state index contributed by atoms with van der Waals surface area (Å²) in [4.78, 5) is 16.9. The summed E-state index contributed by atoms with van der Waals surface area (Å²) in [5.41, 5.74) is 2.19. The molecule has 3 rings (SSSR count). The van der Waals surface area contributed by atoms with Gasteiger partial charge in [0.15, 0.2) is 0 Å². The lowest BCUT2D eigenvalue weighted by atomic mass is 9.90. The van der Waals surface area contributed by atoms with E-state index in [1.807, 2.05) is 50.2 Å². The lowest BCUT2D eigenvalue weighted by molar-refractivity contribution is 0.0945. The topological polar surface area (TPSA) is 78.9 Å². The first kappa shape index (κ1) is 17.4. The van der Waals surface area contributed by atoms with E-state index < -0.39 is 5.41 Å². The summed E-state index contributed by atoms with van der Waals surface area (Å²) in [5, 5.41) is 11.9. The second-order valence-corrected chi connectivity index (χ2v) is 6.66. The number of carbonyl (C=O) groups is 1. The van der Waals surface area contributed by atoms with Crippen molar-refractivity contribution < 1.29 is 9.21 Å². The van der Waals surface area contributed by atoms with E-state index in [-0.39, 0.29) is 5.91 Å². The summed E-state index contributed by atoms with van der Waals surface area (Å²) in [6, 6.07) is 18.3. The maximum atomic E-state index is 12.4. The van der Waals surface area contributed by atoms with Gasteiger partial charge in [-0.25, -0.2) is 4.98 Å². The molecule has 0 fully saturated rings. The molecule has 26 heavy (non-hydrogen) atoms. The fourth-order valence-electron chi connectivity index (χ4n) is 2.52. The monoisotopic (exact) mass is 345 g/mol. The van der Waals surface area contributed by atoms with Crippen LogP contribution in [0.5, 0.6) is 0 Å². The summed E-state index contributed by atoms with van der Waals surface area (Å²) in [5.74, 6) is 0.337. The van der Waals surface area contributed by atoms with Crippen molar-refractivity contribution >= 4 is 5.91 Å². The minimum absolute atomic E-state index is 0.220. The van der Waals surface area contributed by atoms with E-state index in [4.69, 9.17) is 9.68 Å². The minimum Gasteiger partial charge on any atom is -0.444 e. The molecule has 0 saturated carbocycles. The number of nitriles is 1. The van der Waals surface area contributed by atoms with Crippen LogP contribution in [0.15, 0.2) is 65.3 Å². The molecule has 1 heterocycles. The zero-order valence-corrected chi connectivity index (χ0v) is 14.7. The van der Waals surface area contributed by atoms with E-state index in [1.54, 1.807) is 30.5 Å². The van der Waals surface area contributed by atoms with Gasteiger partial charge in [0.1, 0.15) is 6.26 Å². The van der Waals surface area contributed by atoms with Gasteiger partial charge in [-0.15, -0.1) is 0 Å². The Morgan fingerprint density at radius 2 is 1.96 bits per heavy atom. The van der Waals surface area contributed by atoms with Crippen molar-refractivity contribution in [2.75, 3.05) is 6.54 Å². The molecule has 0 unspecified atom stereocenters. The Bertz CT molecular complexity index is 953. The highest BCUT2D eigenvalue weighted by molar-refractivity contribution is 5.94. The van der Waals surface area contributed by atoms with Crippen LogP contribution in [0.4, 0.5) is 0 Å². The summed E-state index contributed by atoms with van der Waals surface area (Å²) in [6.45, 7) is 4.38. The highest BCUT2D eigenvalue weighted by atomic mass is 16.3. The van der Waals surface area contributed by atoms with Gasteiger partial charge in [-0.2, -0.15) is 5.26 Å². The fraction of sp³-hybridized carbons (Fsp3) is 0.190. The summed E-state index contributed by atoms with van der Waals surface area (Å²) in [7, 11) is 0. The molecular weight excluding hydrogens is 326 g/mol. The van der Waals surface area contributed by atoms with Gasteiger partial charge in [0.05, 0.1) is 17.3 Å². The average Bonchev–Trinajstić information content (AvgIpc) is 3.18. The van der Waals surface area contributed by atoms with Crippen LogP contribution in [0.2, 0.25) is 0 Å². The third-order valence-corrected chi connectivity index (χ3v) is 4.16. The van der Waals surface area contributed by atoms with Gasteiger partial charge in [-0.05, 0) is 30.3 Å². The molecule has 0 radical (unpaired) electrons. The molecule has 2 aromatic carbocycles. The molecular formula is C21H19N3O2. The molecule has 0 aliphatic rings. The number of hydrogen-bond acceptors (Lipinski definition) is 4. The molecule has 0 spiro atoms. The van der Waals surface area contributed by atoms with E-state index in [0.717, 1.165) is 11.3 Å². The number of aromatic nitrogens is 1. The van der Waals surface area contributed by atoms with Crippen molar-refractivity contribution in [1.82, 2.24) is 10.3 Å². The zero-order valence-electron chi connectivity index (χ0n) is 14.7. The van der Waals surface area contributed by atoms with Crippen LogP contribution in [0.3, 0.4) is 0 Å². The van der Waals surface area contributed by atoms with E-state index in [0.29, 0.717) is 23.6 Å². The van der Waals surface area contributed by atoms with Gasteiger partial charge in [-0.1, -0.05) is 38.1 Å². The number of nitrogens with one attached hydrogen (secondary N) is 1. The maximum Gasteiger partial charge on any atom is 0.251 e. The van der Waals surface area contributed by atoms with E-state index >= 15 is 0 Å². The molecule has 1 amide bonds. The Morgan fingerprint density at radius 3 is 2.69 bits per heavy atom. The van der Waals surface area contributed by atoms with Crippen molar-refractivity contribution in [3.8, 4) is 17.5 Å². The molecule has 0 aliphatic heterocycles. The van der Waals surface area contributed by atoms with Crippen LogP contribution >= 0.6 is 0 Å². The third kappa shape index (κ3) is 3.81. The van der Waals surface area contributed by atoms with E-state index in [1.165, 1.54) is 0 Å². The molecule has 130 valence electrons. The van der Waals surface area contributed by atoms with Crippen LogP contribution in [-0.4, -0.2) is 17.4 Å². The van der Waals surface area contributed by atoms with Gasteiger partial charge >= 0.3 is 0 Å². The second kappa shape index (κ2) is 7.24. The van der Waals surface area contributed by atoms with Crippen LogP contribution < -0.4 is 5.32 Å². The number of oxazole rings is 1. The Kier molecular flexibility index (Phi) is 4.85. The quantitative estimate of drug-likeness (QED) is 0.760. The SMILES string of the molecule is CC(C)(CNC(=O)c1cccc(C#N)c1)c1coc(-c2ccccc2)n1. The maximum absolute atomic E-state index is 12.4. The first-order valence-corrected chi connectivity index (χ1v) is 8.29. The first-order chi connectivity index (χ1) is 12.5. The van der Waals surface area contributed by atoms with Crippen LogP contribution in [0.25, 0.3) is 11.5 Å². The predicted molar refractivity (Wildman–Crippen MR) is 98.5 cm³/mol. The lowest BCUT2D eigenvalue weighted by Crippen LogP contribution is -2.37. The number of rotatable bonds is 5. The van der Waals surface area contributed by atoms with Crippen LogP contribution in [0.1, 0.15) is 35.5 Å². The lowest BCUT2D eigenvalue weighted by Gasteiger charge is -2.22. The normalized spacial score (nSPS) is 11.0. The van der Waals surface area contributed by atoms with Crippen molar-refractivity contribution in [1.29, 1.82) is 5.26 Å². The number of hydrogen-bond donors (Lipinski definition) is 1. The van der Waals surface area contributed by atoms with Gasteiger partial charge in [-0.3, -0.25) is 4.79 Å². The molecule has 3 aromatic rings. The number of carbonyl (C=O) groups excluding carboxylic acids is 1. The Hall–Kier alpha value is -3.39. The smallest absolute Gasteiger partial charge is 0.251 e. The summed E-state index contributed by atoms with van der Waals surface area (Å²) < 4.78 is 5.60. The minimum atomic E-state index is -0.404. The summed E-state index contributed by atoms with van der Waals surface area (Å²) in [6.07, 6.45) is 1.63. The average molecular weight is 345 g/mol. The Morgan fingerprint density at radius 1 is 1.19 bits per heavy atom. The predicted octanol–water partition coefficient (Wildman–Crippen LogP) is 3.92. The standard InChI is InChI=1S/C21H19N3O2/c1-21(2,14-23-19(25)17-10-6-7-15(11-17)12-22)18-13-26-20(24-18)16-8-4-3-5-9-16/h3-11,13H,14H2,1-2H3,(H,23,25). The van der Waals surface area contributed by atoms with Gasteiger partial charge in [0, 0.05) is 23.1 Å². The van der Waals surface area contributed by atoms with Crippen molar-refractivity contribution in [2.24, 2.45) is 0 Å². The molecule has 0 saturated heterocycles. The largest absolute Gasteiger partial charge is 0.444 e. The molecule has 0 bridgehead atoms. The number of nitrogens with zero attached hydrogens (tertiary/aromatic N) is 2. The van der Waals surface area contributed by atoms with E-state index in [9.17, 15) is 4.79 Å². The van der Waals surface area contributed by atoms with Crippen LogP contribution in [-0.2, 0) is 5.41 Å². The highest BCUT2D eigenvalue weighted by Gasteiger charge is 2.26. The fourth-order valence-corrected chi connectivity index (χ4v) is 2.52. The molecule has 0 atom stereocenters. The third-order valence-electron chi connectivity index (χ3n) is 4.16. The molecule has 5 heteroatoms. The van der Waals surface area contributed by atoms with Crippen molar-refractivity contribution in [3.63, 3.8) is 0 Å². The highest BCUT2D eigenvalue weighted by Crippen LogP contribution is 2.26. The van der Waals surface area contributed by atoms with Gasteiger partial charge in [0.2, 0.25) is 5.89 Å². The number of benzene rings is 2. The summed E-state index contributed by atoms with van der Waals surface area (Å²) >= 11 is 0. The second-order valence-electron chi connectivity index (χ2n) is 6.66. The zero-order chi connectivity index (χ0) is 18.6. The number of amides is 1. The van der Waals surface area contributed by atoms with E-state index in [2.05, 4.69) is 10.3 Å². The first-order valence-electron chi connectivity index (χ1n) is 8.29. The molecule has 1 aromatic heterocycles. The molecule has 1 N–H and O–H groups in total.